The minimum atomic E-state index is 0.255. The largest absolute Gasteiger partial charge is 0.329 e. The quantitative estimate of drug-likeness (QED) is 0.796. The summed E-state index contributed by atoms with van der Waals surface area (Å²) in [5.41, 5.74) is 7.18. The average molecular weight is 284 g/mol. The van der Waals surface area contributed by atoms with E-state index >= 15 is 0 Å². The van der Waals surface area contributed by atoms with E-state index in [2.05, 4.69) is 36.9 Å². The molecule has 1 atom stereocenters. The third-order valence-electron chi connectivity index (χ3n) is 3.35. The SMILES string of the molecule is CCN(CCCN(C)C)C(CN)c1cccc(Cl)c1. The van der Waals surface area contributed by atoms with Crippen molar-refractivity contribution in [2.24, 2.45) is 5.73 Å². The number of rotatable bonds is 8. The molecule has 0 heterocycles. The summed E-state index contributed by atoms with van der Waals surface area (Å²) < 4.78 is 0. The molecule has 108 valence electrons. The van der Waals surface area contributed by atoms with E-state index < -0.39 is 0 Å². The number of hydrogen-bond donors (Lipinski definition) is 1. The van der Waals surface area contributed by atoms with Crippen LogP contribution < -0.4 is 5.73 Å². The van der Waals surface area contributed by atoms with Crippen LogP contribution in [0, 0.1) is 0 Å². The van der Waals surface area contributed by atoms with Crippen LogP contribution in [0.3, 0.4) is 0 Å². The number of benzene rings is 1. The molecule has 4 heteroatoms. The molecule has 0 saturated heterocycles. The topological polar surface area (TPSA) is 32.5 Å². The van der Waals surface area contributed by atoms with Crippen LogP contribution in [0.25, 0.3) is 0 Å². The zero-order valence-electron chi connectivity index (χ0n) is 12.3. The van der Waals surface area contributed by atoms with Crippen LogP contribution in [0.1, 0.15) is 24.9 Å². The van der Waals surface area contributed by atoms with E-state index in [1.165, 1.54) is 5.56 Å². The first-order chi connectivity index (χ1) is 9.08. The van der Waals surface area contributed by atoms with Gasteiger partial charge in [0.05, 0.1) is 0 Å². The Bertz CT molecular complexity index is 368. The summed E-state index contributed by atoms with van der Waals surface area (Å²) in [6, 6.07) is 8.28. The van der Waals surface area contributed by atoms with Crippen molar-refractivity contribution in [2.75, 3.05) is 40.3 Å². The second-order valence-corrected chi connectivity index (χ2v) is 5.53. The Morgan fingerprint density at radius 1 is 1.26 bits per heavy atom. The molecule has 2 N–H and O–H groups in total. The Kier molecular flexibility index (Phi) is 7.39. The van der Waals surface area contributed by atoms with Crippen molar-refractivity contribution in [3.63, 3.8) is 0 Å². The van der Waals surface area contributed by atoms with Crippen LogP contribution in [-0.4, -0.2) is 50.1 Å². The van der Waals surface area contributed by atoms with E-state index in [-0.39, 0.29) is 6.04 Å². The Labute approximate surface area is 122 Å². The monoisotopic (exact) mass is 283 g/mol. The third kappa shape index (κ3) is 5.49. The lowest BCUT2D eigenvalue weighted by Gasteiger charge is -2.30. The minimum Gasteiger partial charge on any atom is -0.329 e. The normalized spacial score (nSPS) is 13.2. The molecule has 1 aromatic carbocycles. The molecular formula is C15H26ClN3. The van der Waals surface area contributed by atoms with Crippen molar-refractivity contribution < 1.29 is 0 Å². The first kappa shape index (κ1) is 16.4. The summed E-state index contributed by atoms with van der Waals surface area (Å²) >= 11 is 6.07. The molecule has 0 saturated carbocycles. The maximum atomic E-state index is 6.07. The van der Waals surface area contributed by atoms with Gasteiger partial charge in [-0.05, 0) is 51.3 Å². The van der Waals surface area contributed by atoms with Crippen LogP contribution in [0.4, 0.5) is 0 Å². The maximum Gasteiger partial charge on any atom is 0.0470 e. The van der Waals surface area contributed by atoms with Crippen molar-refractivity contribution in [1.82, 2.24) is 9.80 Å². The van der Waals surface area contributed by atoms with Crippen LogP contribution in [0.2, 0.25) is 5.02 Å². The maximum absolute atomic E-state index is 6.07. The summed E-state index contributed by atoms with van der Waals surface area (Å²) in [4.78, 5) is 4.64. The standard InChI is InChI=1S/C15H26ClN3/c1-4-19(10-6-9-18(2)3)15(12-17)13-7-5-8-14(16)11-13/h5,7-8,11,15H,4,6,9-10,12,17H2,1-3H3. The van der Waals surface area contributed by atoms with Gasteiger partial charge in [0.2, 0.25) is 0 Å². The number of likely N-dealkylation sites (N-methyl/N-ethyl adjacent to an activating group) is 1. The van der Waals surface area contributed by atoms with Gasteiger partial charge in [-0.2, -0.15) is 0 Å². The van der Waals surface area contributed by atoms with Crippen LogP contribution in [0.5, 0.6) is 0 Å². The molecule has 0 aliphatic heterocycles. The Morgan fingerprint density at radius 3 is 2.53 bits per heavy atom. The molecular weight excluding hydrogens is 258 g/mol. The summed E-state index contributed by atoms with van der Waals surface area (Å²) in [6.45, 7) is 5.97. The molecule has 0 bridgehead atoms. The van der Waals surface area contributed by atoms with Gasteiger partial charge in [0.1, 0.15) is 0 Å². The average Bonchev–Trinajstić information content (AvgIpc) is 2.37. The zero-order chi connectivity index (χ0) is 14.3. The number of halogens is 1. The van der Waals surface area contributed by atoms with Crippen molar-refractivity contribution in [3.8, 4) is 0 Å². The van der Waals surface area contributed by atoms with Crippen LogP contribution in [-0.2, 0) is 0 Å². The lowest BCUT2D eigenvalue weighted by atomic mass is 10.1. The molecule has 0 radical (unpaired) electrons. The predicted molar refractivity (Wildman–Crippen MR) is 83.7 cm³/mol. The van der Waals surface area contributed by atoms with E-state index in [4.69, 9.17) is 17.3 Å². The highest BCUT2D eigenvalue weighted by Crippen LogP contribution is 2.22. The van der Waals surface area contributed by atoms with Crippen molar-refractivity contribution in [3.05, 3.63) is 34.9 Å². The van der Waals surface area contributed by atoms with Gasteiger partial charge in [0, 0.05) is 24.2 Å². The summed E-state index contributed by atoms with van der Waals surface area (Å²) in [7, 11) is 4.21. The van der Waals surface area contributed by atoms with Gasteiger partial charge in [-0.25, -0.2) is 0 Å². The van der Waals surface area contributed by atoms with Gasteiger partial charge in [0.15, 0.2) is 0 Å². The second kappa shape index (κ2) is 8.54. The third-order valence-corrected chi connectivity index (χ3v) is 3.59. The Balaban J connectivity index is 2.69. The highest BCUT2D eigenvalue weighted by Gasteiger charge is 2.17. The van der Waals surface area contributed by atoms with Gasteiger partial charge >= 0.3 is 0 Å². The molecule has 1 rings (SSSR count). The molecule has 1 unspecified atom stereocenters. The highest BCUT2D eigenvalue weighted by molar-refractivity contribution is 6.30. The Hall–Kier alpha value is -0.610. The lowest BCUT2D eigenvalue weighted by Crippen LogP contribution is -2.35. The summed E-state index contributed by atoms with van der Waals surface area (Å²) in [5.74, 6) is 0. The van der Waals surface area contributed by atoms with Gasteiger partial charge in [-0.3, -0.25) is 4.90 Å². The predicted octanol–water partition coefficient (Wildman–Crippen LogP) is 2.61. The van der Waals surface area contributed by atoms with Gasteiger partial charge in [-0.15, -0.1) is 0 Å². The fourth-order valence-corrected chi connectivity index (χ4v) is 2.53. The van der Waals surface area contributed by atoms with E-state index in [0.29, 0.717) is 6.54 Å². The molecule has 19 heavy (non-hydrogen) atoms. The second-order valence-electron chi connectivity index (χ2n) is 5.09. The first-order valence-corrected chi connectivity index (χ1v) is 7.30. The van der Waals surface area contributed by atoms with Gasteiger partial charge in [0.25, 0.3) is 0 Å². The Morgan fingerprint density at radius 2 is 2.00 bits per heavy atom. The first-order valence-electron chi connectivity index (χ1n) is 6.92. The van der Waals surface area contributed by atoms with Gasteiger partial charge < -0.3 is 10.6 Å². The highest BCUT2D eigenvalue weighted by atomic mass is 35.5. The van der Waals surface area contributed by atoms with Crippen molar-refractivity contribution in [2.45, 2.75) is 19.4 Å². The van der Waals surface area contributed by atoms with Crippen LogP contribution in [0.15, 0.2) is 24.3 Å². The number of nitrogens with two attached hydrogens (primary N) is 1. The van der Waals surface area contributed by atoms with Crippen LogP contribution >= 0.6 is 11.6 Å². The van der Waals surface area contributed by atoms with Gasteiger partial charge in [-0.1, -0.05) is 30.7 Å². The van der Waals surface area contributed by atoms with Crippen molar-refractivity contribution in [1.29, 1.82) is 0 Å². The molecule has 0 aliphatic rings. The zero-order valence-corrected chi connectivity index (χ0v) is 13.0. The van der Waals surface area contributed by atoms with E-state index in [0.717, 1.165) is 31.1 Å². The summed E-state index contributed by atoms with van der Waals surface area (Å²) in [6.07, 6.45) is 1.15. The molecule has 3 nitrogen and oxygen atoms in total. The van der Waals surface area contributed by atoms with E-state index in [1.807, 2.05) is 18.2 Å². The minimum absolute atomic E-state index is 0.255. The molecule has 0 fully saturated rings. The van der Waals surface area contributed by atoms with Crippen molar-refractivity contribution >= 4 is 11.6 Å². The number of nitrogens with zero attached hydrogens (tertiary/aromatic N) is 2. The fraction of sp³-hybridized carbons (Fsp3) is 0.600. The molecule has 0 aliphatic carbocycles. The van der Waals surface area contributed by atoms with E-state index in [1.54, 1.807) is 0 Å². The van der Waals surface area contributed by atoms with E-state index in [9.17, 15) is 0 Å². The molecule has 0 spiro atoms. The molecule has 1 aromatic rings. The molecule has 0 amide bonds. The fourth-order valence-electron chi connectivity index (χ4n) is 2.33. The summed E-state index contributed by atoms with van der Waals surface area (Å²) in [5, 5.41) is 0.778. The molecule has 0 aromatic heterocycles. The lowest BCUT2D eigenvalue weighted by molar-refractivity contribution is 0.201. The number of hydrogen-bond acceptors (Lipinski definition) is 3. The smallest absolute Gasteiger partial charge is 0.0470 e.